The van der Waals surface area contributed by atoms with Crippen LogP contribution in [0, 0.1) is 12.7 Å². The van der Waals surface area contributed by atoms with Crippen molar-refractivity contribution in [3.05, 3.63) is 42.0 Å². The fourth-order valence-corrected chi connectivity index (χ4v) is 2.12. The summed E-state index contributed by atoms with van der Waals surface area (Å²) in [6, 6.07) is 4.33. The van der Waals surface area contributed by atoms with E-state index in [9.17, 15) is 12.8 Å². The van der Waals surface area contributed by atoms with Gasteiger partial charge in [0.05, 0.1) is 10.6 Å². The summed E-state index contributed by atoms with van der Waals surface area (Å²) >= 11 is 0. The lowest BCUT2D eigenvalue weighted by atomic mass is 10.4. The van der Waals surface area contributed by atoms with E-state index >= 15 is 0 Å². The molecule has 0 amide bonds. The summed E-state index contributed by atoms with van der Waals surface area (Å²) in [6.45, 7) is 1.67. The number of benzene rings is 1. The topological polar surface area (TPSA) is 72.2 Å². The Balaban J connectivity index is 2.28. The van der Waals surface area contributed by atoms with Crippen molar-refractivity contribution in [1.82, 2.24) is 4.98 Å². The van der Waals surface area contributed by atoms with Crippen molar-refractivity contribution in [1.29, 1.82) is 0 Å². The van der Waals surface area contributed by atoms with Crippen LogP contribution in [-0.2, 0) is 10.0 Å². The molecule has 0 aliphatic carbocycles. The van der Waals surface area contributed by atoms with Gasteiger partial charge in [0.2, 0.25) is 0 Å². The average molecular weight is 256 g/mol. The molecule has 0 spiro atoms. The second-order valence-corrected chi connectivity index (χ2v) is 5.04. The molecular formula is C10H9FN2O3S. The van der Waals surface area contributed by atoms with Crippen LogP contribution in [0.15, 0.2) is 39.8 Å². The summed E-state index contributed by atoms with van der Waals surface area (Å²) in [4.78, 5) is 3.75. The van der Waals surface area contributed by atoms with Crippen molar-refractivity contribution in [3.8, 4) is 0 Å². The molecule has 0 fully saturated rings. The zero-order chi connectivity index (χ0) is 12.5. The summed E-state index contributed by atoms with van der Waals surface area (Å²) in [5.41, 5.74) is 0.557. The fourth-order valence-electron chi connectivity index (χ4n) is 1.19. The van der Waals surface area contributed by atoms with E-state index in [-0.39, 0.29) is 10.9 Å². The highest BCUT2D eigenvalue weighted by molar-refractivity contribution is 7.92. The average Bonchev–Trinajstić information content (AvgIpc) is 2.63. The predicted molar refractivity (Wildman–Crippen MR) is 58.4 cm³/mol. The van der Waals surface area contributed by atoms with Crippen LogP contribution in [0.2, 0.25) is 0 Å². The number of hydrogen-bond donors (Lipinski definition) is 1. The van der Waals surface area contributed by atoms with E-state index in [4.69, 9.17) is 4.42 Å². The quantitative estimate of drug-likeness (QED) is 0.910. The van der Waals surface area contributed by atoms with Crippen LogP contribution in [0.5, 0.6) is 0 Å². The molecule has 5 nitrogen and oxygen atoms in total. The Morgan fingerprint density at radius 3 is 2.47 bits per heavy atom. The first-order chi connectivity index (χ1) is 7.97. The Morgan fingerprint density at radius 1 is 1.29 bits per heavy atom. The van der Waals surface area contributed by atoms with Gasteiger partial charge in [-0.25, -0.2) is 17.5 Å². The van der Waals surface area contributed by atoms with Gasteiger partial charge in [0.25, 0.3) is 10.0 Å². The van der Waals surface area contributed by atoms with Crippen molar-refractivity contribution in [3.63, 3.8) is 0 Å². The van der Waals surface area contributed by atoms with Crippen LogP contribution >= 0.6 is 0 Å². The van der Waals surface area contributed by atoms with Crippen LogP contribution < -0.4 is 4.72 Å². The lowest BCUT2D eigenvalue weighted by molar-refractivity contribution is 0.569. The van der Waals surface area contributed by atoms with Crippen molar-refractivity contribution in [2.24, 2.45) is 0 Å². The Kier molecular flexibility index (Phi) is 2.84. The van der Waals surface area contributed by atoms with E-state index in [0.717, 1.165) is 24.3 Å². The van der Waals surface area contributed by atoms with Gasteiger partial charge in [-0.15, -0.1) is 0 Å². The third-order valence-corrected chi connectivity index (χ3v) is 3.30. The first-order valence-electron chi connectivity index (χ1n) is 4.68. The van der Waals surface area contributed by atoms with Gasteiger partial charge in [0.1, 0.15) is 12.1 Å². The van der Waals surface area contributed by atoms with Gasteiger partial charge in [0.15, 0.2) is 0 Å². The molecule has 0 unspecified atom stereocenters. The minimum atomic E-state index is -3.79. The number of aryl methyl sites for hydroxylation is 1. The van der Waals surface area contributed by atoms with Gasteiger partial charge < -0.3 is 4.42 Å². The maximum atomic E-state index is 12.7. The Hall–Kier alpha value is -1.89. The van der Waals surface area contributed by atoms with Crippen molar-refractivity contribution < 1.29 is 17.2 Å². The van der Waals surface area contributed by atoms with Gasteiger partial charge in [-0.1, -0.05) is 0 Å². The van der Waals surface area contributed by atoms with Gasteiger partial charge in [0, 0.05) is 0 Å². The largest absolute Gasteiger partial charge is 0.431 e. The van der Waals surface area contributed by atoms with E-state index in [0.29, 0.717) is 5.69 Å². The summed E-state index contributed by atoms with van der Waals surface area (Å²) in [5, 5.41) is 0. The number of aromatic nitrogens is 1. The normalized spacial score (nSPS) is 11.4. The van der Waals surface area contributed by atoms with E-state index in [1.54, 1.807) is 6.92 Å². The second-order valence-electron chi connectivity index (χ2n) is 3.35. The second kappa shape index (κ2) is 4.17. The molecule has 7 heteroatoms. The predicted octanol–water partition coefficient (Wildman–Crippen LogP) is 1.92. The van der Waals surface area contributed by atoms with Crippen molar-refractivity contribution in [2.75, 3.05) is 4.72 Å². The van der Waals surface area contributed by atoms with Crippen molar-refractivity contribution >= 4 is 16.0 Å². The monoisotopic (exact) mass is 256 g/mol. The lowest BCUT2D eigenvalue weighted by Gasteiger charge is -2.03. The lowest BCUT2D eigenvalue weighted by Crippen LogP contribution is -2.13. The molecule has 90 valence electrons. The van der Waals surface area contributed by atoms with Crippen LogP contribution in [0.1, 0.15) is 5.69 Å². The molecule has 0 radical (unpaired) electrons. The van der Waals surface area contributed by atoms with Crippen LogP contribution in [-0.4, -0.2) is 13.4 Å². The number of hydrogen-bond acceptors (Lipinski definition) is 4. The minimum absolute atomic E-state index is 0.0604. The fraction of sp³-hybridized carbons (Fsp3) is 0.100. The van der Waals surface area contributed by atoms with Crippen LogP contribution in [0.4, 0.5) is 10.4 Å². The van der Waals surface area contributed by atoms with E-state index in [2.05, 4.69) is 9.71 Å². The molecule has 0 aliphatic rings. The van der Waals surface area contributed by atoms with Crippen molar-refractivity contribution in [2.45, 2.75) is 11.8 Å². The Bertz CT molecular complexity index is 619. The Morgan fingerprint density at radius 2 is 1.94 bits per heavy atom. The highest BCUT2D eigenvalue weighted by atomic mass is 32.2. The molecule has 1 aromatic carbocycles. The molecular weight excluding hydrogens is 247 g/mol. The molecule has 1 aromatic heterocycles. The highest BCUT2D eigenvalue weighted by Crippen LogP contribution is 2.15. The molecule has 0 saturated heterocycles. The number of nitrogens with one attached hydrogen (secondary N) is 1. The minimum Gasteiger partial charge on any atom is -0.431 e. The first-order valence-corrected chi connectivity index (χ1v) is 6.16. The molecule has 0 bridgehead atoms. The van der Waals surface area contributed by atoms with E-state index in [1.807, 2.05) is 0 Å². The van der Waals surface area contributed by atoms with Crippen LogP contribution in [0.3, 0.4) is 0 Å². The highest BCUT2D eigenvalue weighted by Gasteiger charge is 2.16. The molecule has 1 heterocycles. The zero-order valence-corrected chi connectivity index (χ0v) is 9.66. The summed E-state index contributed by atoms with van der Waals surface area (Å²) < 4.78 is 43.3. The van der Waals surface area contributed by atoms with E-state index < -0.39 is 15.8 Å². The molecule has 0 saturated carbocycles. The summed E-state index contributed by atoms with van der Waals surface area (Å²) in [5.74, 6) is -0.504. The van der Waals surface area contributed by atoms with Gasteiger partial charge in [-0.3, -0.25) is 0 Å². The third kappa shape index (κ3) is 2.62. The molecule has 17 heavy (non-hydrogen) atoms. The molecule has 0 atom stereocenters. The first kappa shape index (κ1) is 11.6. The zero-order valence-electron chi connectivity index (χ0n) is 8.84. The summed E-state index contributed by atoms with van der Waals surface area (Å²) in [7, 11) is -3.79. The van der Waals surface area contributed by atoms with Gasteiger partial charge in [-0.05, 0) is 31.2 Å². The standard InChI is InChI=1S/C10H9FN2O3S/c1-7-6-16-10(12-7)13-17(14,15)9-4-2-8(11)3-5-9/h2-6H,1H3,(H,12,13). The van der Waals surface area contributed by atoms with Gasteiger partial charge in [-0.2, -0.15) is 4.98 Å². The third-order valence-electron chi connectivity index (χ3n) is 1.96. The van der Waals surface area contributed by atoms with E-state index in [1.165, 1.54) is 6.26 Å². The Labute approximate surface area is 97.3 Å². The molecule has 2 aromatic rings. The number of rotatable bonds is 3. The number of sulfonamides is 1. The molecule has 1 N–H and O–H groups in total. The number of nitrogens with zero attached hydrogens (tertiary/aromatic N) is 1. The van der Waals surface area contributed by atoms with Crippen LogP contribution in [0.25, 0.3) is 0 Å². The molecule has 2 rings (SSSR count). The van der Waals surface area contributed by atoms with Gasteiger partial charge >= 0.3 is 6.01 Å². The maximum Gasteiger partial charge on any atom is 0.309 e. The smallest absolute Gasteiger partial charge is 0.309 e. The number of oxazole rings is 1. The summed E-state index contributed by atoms with van der Waals surface area (Å²) in [6.07, 6.45) is 1.32. The number of halogens is 1. The maximum absolute atomic E-state index is 12.7. The SMILES string of the molecule is Cc1coc(NS(=O)(=O)c2ccc(F)cc2)n1. The number of anilines is 1. The molecule has 0 aliphatic heterocycles.